The van der Waals surface area contributed by atoms with Crippen LogP contribution in [0.2, 0.25) is 5.02 Å². The number of nitriles is 1. The number of benzene rings is 1. The van der Waals surface area contributed by atoms with E-state index in [4.69, 9.17) is 26.3 Å². The van der Waals surface area contributed by atoms with Crippen LogP contribution in [0.1, 0.15) is 81.8 Å². The number of halogens is 1. The molecule has 266 valence electrons. The molecule has 3 fully saturated rings. The second-order valence-electron chi connectivity index (χ2n) is 14.5. The van der Waals surface area contributed by atoms with Crippen LogP contribution in [-0.4, -0.2) is 109 Å². The van der Waals surface area contributed by atoms with Crippen molar-refractivity contribution in [2.45, 2.75) is 83.4 Å². The molecule has 5 rings (SSSR count). The van der Waals surface area contributed by atoms with E-state index in [0.717, 1.165) is 103 Å². The highest BCUT2D eigenvalue weighted by molar-refractivity contribution is 6.31. The number of amides is 2. The van der Waals surface area contributed by atoms with Gasteiger partial charge in [-0.05, 0) is 95.9 Å². The third kappa shape index (κ3) is 11.4. The lowest BCUT2D eigenvalue weighted by Crippen LogP contribution is -2.49. The van der Waals surface area contributed by atoms with Gasteiger partial charge in [0.05, 0.1) is 23.3 Å². The second-order valence-corrected chi connectivity index (χ2v) is 14.9. The van der Waals surface area contributed by atoms with Crippen molar-refractivity contribution >= 4 is 29.4 Å². The molecular formula is C36H51ClN8O4. The van der Waals surface area contributed by atoms with Crippen LogP contribution in [-0.2, 0) is 4.74 Å². The summed E-state index contributed by atoms with van der Waals surface area (Å²) in [6.07, 6.45) is 6.03. The molecule has 0 atom stereocenters. The molecule has 0 radical (unpaired) electrons. The number of alkyl carbamates (subject to hydrolysis) is 1. The number of aromatic nitrogens is 2. The fourth-order valence-electron chi connectivity index (χ4n) is 6.75. The highest BCUT2D eigenvalue weighted by Crippen LogP contribution is 2.28. The molecule has 0 unspecified atom stereocenters. The predicted octanol–water partition coefficient (Wildman–Crippen LogP) is 4.87. The van der Waals surface area contributed by atoms with E-state index in [2.05, 4.69) is 41.6 Å². The van der Waals surface area contributed by atoms with Gasteiger partial charge >= 0.3 is 6.09 Å². The van der Waals surface area contributed by atoms with Crippen molar-refractivity contribution < 1.29 is 19.1 Å². The van der Waals surface area contributed by atoms with Gasteiger partial charge < -0.3 is 34.8 Å². The van der Waals surface area contributed by atoms with Gasteiger partial charge in [0.1, 0.15) is 11.8 Å². The van der Waals surface area contributed by atoms with Crippen LogP contribution in [0.4, 0.5) is 10.6 Å². The molecule has 2 N–H and O–H groups in total. The zero-order valence-electron chi connectivity index (χ0n) is 29.1. The molecule has 1 aliphatic carbocycles. The first-order valence-electron chi connectivity index (χ1n) is 17.7. The Kier molecular flexibility index (Phi) is 12.9. The Morgan fingerprint density at radius 2 is 1.67 bits per heavy atom. The predicted molar refractivity (Wildman–Crippen MR) is 189 cm³/mol. The Bertz CT molecular complexity index is 1420. The zero-order chi connectivity index (χ0) is 34.8. The number of ether oxygens (including phenoxy) is 2. The first-order chi connectivity index (χ1) is 23.5. The quantitative estimate of drug-likeness (QED) is 0.314. The van der Waals surface area contributed by atoms with Gasteiger partial charge in [0.15, 0.2) is 11.5 Å². The lowest BCUT2D eigenvalue weighted by molar-refractivity contribution is 0.0888. The summed E-state index contributed by atoms with van der Waals surface area (Å²) in [6.45, 7) is 14.5. The molecule has 3 heterocycles. The largest absolute Gasteiger partial charge is 0.490 e. The number of anilines is 1. The minimum absolute atomic E-state index is 0.0443. The minimum Gasteiger partial charge on any atom is -0.490 e. The van der Waals surface area contributed by atoms with Crippen molar-refractivity contribution in [3.63, 3.8) is 0 Å². The lowest BCUT2D eigenvalue weighted by atomic mass is 9.93. The van der Waals surface area contributed by atoms with Crippen LogP contribution in [0.3, 0.4) is 0 Å². The van der Waals surface area contributed by atoms with Crippen LogP contribution in [0, 0.1) is 17.2 Å². The summed E-state index contributed by atoms with van der Waals surface area (Å²) < 4.78 is 11.4. The Labute approximate surface area is 295 Å². The first-order valence-corrected chi connectivity index (χ1v) is 18.1. The maximum absolute atomic E-state index is 12.9. The third-order valence-corrected chi connectivity index (χ3v) is 9.82. The van der Waals surface area contributed by atoms with Crippen molar-refractivity contribution in [1.82, 2.24) is 30.6 Å². The number of rotatable bonds is 11. The molecule has 12 nitrogen and oxygen atoms in total. The maximum Gasteiger partial charge on any atom is 0.407 e. The van der Waals surface area contributed by atoms with Gasteiger partial charge in [-0.15, -0.1) is 10.2 Å². The average molecular weight is 695 g/mol. The second kappa shape index (κ2) is 17.3. The number of carbonyl (C=O) groups is 2. The van der Waals surface area contributed by atoms with E-state index in [0.29, 0.717) is 34.6 Å². The number of nitrogens with zero attached hydrogens (tertiary/aromatic N) is 6. The molecule has 2 aromatic rings. The standard InChI is InChI=1S/C36H51ClN8O4/c1-36(2,3)40-35(47)48-22-4-15-43-18-20-44(21-19-43)25-26-13-16-45(17-14-26)33-12-11-32(41-42-33)34(46)39-28-6-9-29(10-7-28)49-30-8-5-27(24-38)31(37)23-30/h5,8,11-12,23,26,28-29H,4,6-7,9-10,13-22,25H2,1-3H3,(H,39,46)(H,40,47). The van der Waals surface area contributed by atoms with E-state index < -0.39 is 0 Å². The van der Waals surface area contributed by atoms with Gasteiger partial charge in [0.25, 0.3) is 5.91 Å². The highest BCUT2D eigenvalue weighted by Gasteiger charge is 2.27. The average Bonchev–Trinajstić information content (AvgIpc) is 3.08. The molecule has 0 spiro atoms. The Hall–Kier alpha value is -3.66. The van der Waals surface area contributed by atoms with Crippen LogP contribution in [0.5, 0.6) is 5.75 Å². The number of carbonyl (C=O) groups excluding carboxylic acids is 2. The molecule has 2 aliphatic heterocycles. The van der Waals surface area contributed by atoms with E-state index in [1.165, 1.54) is 0 Å². The third-order valence-electron chi connectivity index (χ3n) is 9.51. The summed E-state index contributed by atoms with van der Waals surface area (Å²) in [5.41, 5.74) is 0.482. The summed E-state index contributed by atoms with van der Waals surface area (Å²) in [5.74, 6) is 1.95. The molecular weight excluding hydrogens is 644 g/mol. The van der Waals surface area contributed by atoms with Crippen LogP contribution in [0.25, 0.3) is 0 Å². The number of piperazine rings is 1. The van der Waals surface area contributed by atoms with Gasteiger partial charge in [0.2, 0.25) is 0 Å². The number of hydrogen-bond donors (Lipinski definition) is 2. The summed E-state index contributed by atoms with van der Waals surface area (Å²) in [6, 6.07) is 10.9. The van der Waals surface area contributed by atoms with Gasteiger partial charge in [-0.1, -0.05) is 11.6 Å². The van der Waals surface area contributed by atoms with Gasteiger partial charge in [-0.3, -0.25) is 4.79 Å². The first kappa shape index (κ1) is 36.6. The monoisotopic (exact) mass is 694 g/mol. The molecule has 13 heteroatoms. The minimum atomic E-state index is -0.346. The van der Waals surface area contributed by atoms with E-state index in [-0.39, 0.29) is 29.7 Å². The van der Waals surface area contributed by atoms with Crippen molar-refractivity contribution in [2.75, 3.05) is 63.9 Å². The summed E-state index contributed by atoms with van der Waals surface area (Å²) in [5, 5.41) is 24.1. The summed E-state index contributed by atoms with van der Waals surface area (Å²) >= 11 is 6.14. The Balaban J connectivity index is 0.947. The SMILES string of the molecule is CC(C)(C)NC(=O)OCCCN1CCN(CC2CCN(c3ccc(C(=O)NC4CCC(Oc5ccc(C#N)c(Cl)c5)CC4)nn3)CC2)CC1. The topological polar surface area (TPSA) is 136 Å². The Morgan fingerprint density at radius 3 is 2.31 bits per heavy atom. The van der Waals surface area contributed by atoms with Gasteiger partial charge in [0, 0.05) is 70.0 Å². The number of nitrogens with one attached hydrogen (secondary N) is 2. The highest BCUT2D eigenvalue weighted by atomic mass is 35.5. The number of piperidine rings is 1. The lowest BCUT2D eigenvalue weighted by Gasteiger charge is -2.39. The van der Waals surface area contributed by atoms with Gasteiger partial charge in [-0.25, -0.2) is 4.79 Å². The maximum atomic E-state index is 12.9. The van der Waals surface area contributed by atoms with Crippen LogP contribution >= 0.6 is 11.6 Å². The molecule has 1 saturated carbocycles. The zero-order valence-corrected chi connectivity index (χ0v) is 29.9. The molecule has 0 bridgehead atoms. The smallest absolute Gasteiger partial charge is 0.407 e. The van der Waals surface area contributed by atoms with Crippen molar-refractivity contribution in [2.24, 2.45) is 5.92 Å². The molecule has 2 amide bonds. The van der Waals surface area contributed by atoms with Crippen LogP contribution in [0.15, 0.2) is 30.3 Å². The summed E-state index contributed by atoms with van der Waals surface area (Å²) in [4.78, 5) is 32.1. The summed E-state index contributed by atoms with van der Waals surface area (Å²) in [7, 11) is 0. The molecule has 1 aromatic heterocycles. The Morgan fingerprint density at radius 1 is 0.959 bits per heavy atom. The number of hydrogen-bond acceptors (Lipinski definition) is 10. The molecule has 2 saturated heterocycles. The fourth-order valence-corrected chi connectivity index (χ4v) is 6.96. The van der Waals surface area contributed by atoms with E-state index in [1.807, 2.05) is 26.8 Å². The molecule has 3 aliphatic rings. The van der Waals surface area contributed by atoms with Gasteiger partial charge in [-0.2, -0.15) is 5.26 Å². The van der Waals surface area contributed by atoms with Crippen molar-refractivity contribution in [1.29, 1.82) is 5.26 Å². The van der Waals surface area contributed by atoms with Crippen molar-refractivity contribution in [3.8, 4) is 11.8 Å². The molecule has 1 aromatic carbocycles. The molecule has 49 heavy (non-hydrogen) atoms. The van der Waals surface area contributed by atoms with E-state index in [1.54, 1.807) is 24.3 Å². The van der Waals surface area contributed by atoms with E-state index in [9.17, 15) is 9.59 Å². The fraction of sp³-hybridized carbons (Fsp3) is 0.639. The normalized spacial score (nSPS) is 21.1. The van der Waals surface area contributed by atoms with Crippen LogP contribution < -0.4 is 20.3 Å². The van der Waals surface area contributed by atoms with Crippen molar-refractivity contribution in [3.05, 3.63) is 46.6 Å². The van der Waals surface area contributed by atoms with E-state index >= 15 is 0 Å².